The molecule has 2 atom stereocenters. The van der Waals surface area contributed by atoms with E-state index in [4.69, 9.17) is 5.73 Å². The molecule has 1 rings (SSSR count). The third-order valence-corrected chi connectivity index (χ3v) is 3.25. The maximum Gasteiger partial charge on any atom is 0.223 e. The van der Waals surface area contributed by atoms with Gasteiger partial charge in [0.2, 0.25) is 5.91 Å². The van der Waals surface area contributed by atoms with Gasteiger partial charge in [-0.1, -0.05) is 13.8 Å². The van der Waals surface area contributed by atoms with E-state index in [1.54, 1.807) is 0 Å². The molecule has 3 N–H and O–H groups in total. The third kappa shape index (κ3) is 2.71. The van der Waals surface area contributed by atoms with Crippen molar-refractivity contribution in [2.24, 2.45) is 11.7 Å². The maximum atomic E-state index is 11.7. The molecule has 0 spiro atoms. The summed E-state index contributed by atoms with van der Waals surface area (Å²) in [4.78, 5) is 11.7. The molecule has 1 aliphatic rings. The van der Waals surface area contributed by atoms with Gasteiger partial charge in [-0.2, -0.15) is 0 Å². The molecule has 3 nitrogen and oxygen atoms in total. The summed E-state index contributed by atoms with van der Waals surface area (Å²) in [7, 11) is 0. The van der Waals surface area contributed by atoms with E-state index in [-0.39, 0.29) is 23.9 Å². The lowest BCUT2D eigenvalue weighted by Crippen LogP contribution is -2.46. The van der Waals surface area contributed by atoms with E-state index in [2.05, 4.69) is 19.2 Å². The Morgan fingerprint density at radius 3 is 2.50 bits per heavy atom. The molecule has 1 saturated carbocycles. The van der Waals surface area contributed by atoms with Crippen molar-refractivity contribution in [1.29, 1.82) is 0 Å². The Balaban J connectivity index is 2.39. The van der Waals surface area contributed by atoms with Gasteiger partial charge < -0.3 is 11.1 Å². The number of nitrogens with one attached hydrogen (secondary N) is 1. The summed E-state index contributed by atoms with van der Waals surface area (Å²) >= 11 is 0. The molecular weight excluding hydrogens is 176 g/mol. The molecule has 0 radical (unpaired) electrons. The van der Waals surface area contributed by atoms with Gasteiger partial charge in [0.25, 0.3) is 0 Å². The van der Waals surface area contributed by atoms with Gasteiger partial charge in [0.05, 0.1) is 0 Å². The fraction of sp³-hybridized carbons (Fsp3) is 0.909. The summed E-state index contributed by atoms with van der Waals surface area (Å²) in [5.74, 6) is 0.361. The quantitative estimate of drug-likeness (QED) is 0.717. The van der Waals surface area contributed by atoms with Crippen LogP contribution in [0.15, 0.2) is 0 Å². The molecule has 0 aromatic carbocycles. The van der Waals surface area contributed by atoms with Crippen molar-refractivity contribution in [3.05, 3.63) is 0 Å². The van der Waals surface area contributed by atoms with Gasteiger partial charge >= 0.3 is 0 Å². The minimum absolute atomic E-state index is 0.169. The zero-order valence-corrected chi connectivity index (χ0v) is 9.25. The second-order valence-corrected chi connectivity index (χ2v) is 4.22. The summed E-state index contributed by atoms with van der Waals surface area (Å²) < 4.78 is 0. The summed E-state index contributed by atoms with van der Waals surface area (Å²) in [5, 5.41) is 3.07. The van der Waals surface area contributed by atoms with Crippen molar-refractivity contribution in [2.75, 3.05) is 0 Å². The van der Waals surface area contributed by atoms with Crippen LogP contribution < -0.4 is 11.1 Å². The van der Waals surface area contributed by atoms with Gasteiger partial charge in [0, 0.05) is 18.0 Å². The molecule has 3 heteroatoms. The number of amides is 1. The van der Waals surface area contributed by atoms with Crippen LogP contribution in [0.3, 0.4) is 0 Å². The highest BCUT2D eigenvalue weighted by Crippen LogP contribution is 2.18. The van der Waals surface area contributed by atoms with E-state index in [1.165, 1.54) is 0 Å². The zero-order chi connectivity index (χ0) is 10.6. The van der Waals surface area contributed by atoms with Crippen molar-refractivity contribution in [1.82, 2.24) is 5.32 Å². The van der Waals surface area contributed by atoms with Crippen LogP contribution >= 0.6 is 0 Å². The highest BCUT2D eigenvalue weighted by molar-refractivity contribution is 5.78. The standard InChI is InChI=1S/C11H22N2O/c1-3-8(4-2)11(14)13-10-7-5-6-9(10)12/h8-10H,3-7,12H2,1-2H3,(H,13,14). The van der Waals surface area contributed by atoms with Crippen LogP contribution in [-0.2, 0) is 4.79 Å². The average molecular weight is 198 g/mol. The van der Waals surface area contributed by atoms with E-state index < -0.39 is 0 Å². The van der Waals surface area contributed by atoms with Gasteiger partial charge in [-0.25, -0.2) is 0 Å². The summed E-state index contributed by atoms with van der Waals surface area (Å²) in [6.07, 6.45) is 5.09. The molecule has 1 fully saturated rings. The predicted octanol–water partition coefficient (Wildman–Crippen LogP) is 1.42. The van der Waals surface area contributed by atoms with Crippen molar-refractivity contribution < 1.29 is 4.79 Å². The second-order valence-electron chi connectivity index (χ2n) is 4.22. The Hall–Kier alpha value is -0.570. The van der Waals surface area contributed by atoms with Crippen LogP contribution in [0.4, 0.5) is 0 Å². The Kier molecular flexibility index (Phi) is 4.39. The molecule has 0 saturated heterocycles. The predicted molar refractivity (Wildman–Crippen MR) is 57.8 cm³/mol. The van der Waals surface area contributed by atoms with Crippen molar-refractivity contribution in [3.8, 4) is 0 Å². The van der Waals surface area contributed by atoms with Crippen LogP contribution in [0.25, 0.3) is 0 Å². The SMILES string of the molecule is CCC(CC)C(=O)NC1CCCC1N. The van der Waals surface area contributed by atoms with Crippen LogP contribution in [0.2, 0.25) is 0 Å². The fourth-order valence-corrected chi connectivity index (χ4v) is 2.13. The average Bonchev–Trinajstić information content (AvgIpc) is 2.54. The fourth-order valence-electron chi connectivity index (χ4n) is 2.13. The van der Waals surface area contributed by atoms with E-state index in [0.29, 0.717) is 0 Å². The highest BCUT2D eigenvalue weighted by Gasteiger charge is 2.26. The van der Waals surface area contributed by atoms with Crippen LogP contribution in [0.5, 0.6) is 0 Å². The van der Waals surface area contributed by atoms with Crippen molar-refractivity contribution >= 4 is 5.91 Å². The first kappa shape index (κ1) is 11.5. The smallest absolute Gasteiger partial charge is 0.223 e. The second kappa shape index (κ2) is 5.35. The van der Waals surface area contributed by atoms with Crippen LogP contribution in [-0.4, -0.2) is 18.0 Å². The van der Waals surface area contributed by atoms with Gasteiger partial charge in [0.15, 0.2) is 0 Å². The van der Waals surface area contributed by atoms with Gasteiger partial charge in [0.1, 0.15) is 0 Å². The minimum Gasteiger partial charge on any atom is -0.352 e. The Morgan fingerprint density at radius 2 is 2.07 bits per heavy atom. The molecule has 1 aliphatic carbocycles. The molecule has 0 aromatic heterocycles. The number of carbonyl (C=O) groups is 1. The monoisotopic (exact) mass is 198 g/mol. The molecular formula is C11H22N2O. The maximum absolute atomic E-state index is 11.7. The molecule has 2 unspecified atom stereocenters. The number of carbonyl (C=O) groups excluding carboxylic acids is 1. The Morgan fingerprint density at radius 1 is 1.43 bits per heavy atom. The number of hydrogen-bond donors (Lipinski definition) is 2. The zero-order valence-electron chi connectivity index (χ0n) is 9.25. The molecule has 0 heterocycles. The molecule has 82 valence electrons. The number of nitrogens with two attached hydrogens (primary N) is 1. The Labute approximate surface area is 86.4 Å². The molecule has 14 heavy (non-hydrogen) atoms. The van der Waals surface area contributed by atoms with E-state index in [0.717, 1.165) is 32.1 Å². The van der Waals surface area contributed by atoms with E-state index >= 15 is 0 Å². The lowest BCUT2D eigenvalue weighted by molar-refractivity contribution is -0.126. The van der Waals surface area contributed by atoms with Crippen molar-refractivity contribution in [3.63, 3.8) is 0 Å². The molecule has 0 bridgehead atoms. The van der Waals surface area contributed by atoms with Gasteiger partial charge in [-0.15, -0.1) is 0 Å². The largest absolute Gasteiger partial charge is 0.352 e. The summed E-state index contributed by atoms with van der Waals surface area (Å²) in [6.45, 7) is 4.12. The topological polar surface area (TPSA) is 55.1 Å². The van der Waals surface area contributed by atoms with E-state index in [9.17, 15) is 4.79 Å². The van der Waals surface area contributed by atoms with Gasteiger partial charge in [-0.3, -0.25) is 4.79 Å². The first-order valence-electron chi connectivity index (χ1n) is 5.75. The third-order valence-electron chi connectivity index (χ3n) is 3.25. The van der Waals surface area contributed by atoms with Crippen LogP contribution in [0.1, 0.15) is 46.0 Å². The Bertz CT molecular complexity index is 190. The van der Waals surface area contributed by atoms with Gasteiger partial charge in [-0.05, 0) is 32.1 Å². The van der Waals surface area contributed by atoms with E-state index in [1.807, 2.05) is 0 Å². The summed E-state index contributed by atoms with van der Waals surface area (Å²) in [5.41, 5.74) is 5.90. The normalized spacial score (nSPS) is 26.9. The molecule has 1 amide bonds. The first-order valence-corrected chi connectivity index (χ1v) is 5.75. The highest BCUT2D eigenvalue weighted by atomic mass is 16.1. The number of hydrogen-bond acceptors (Lipinski definition) is 2. The summed E-state index contributed by atoms with van der Waals surface area (Å²) in [6, 6.07) is 0.399. The molecule has 0 aromatic rings. The first-order chi connectivity index (χ1) is 6.69. The molecule has 0 aliphatic heterocycles. The van der Waals surface area contributed by atoms with Crippen LogP contribution in [0, 0.1) is 5.92 Å². The number of rotatable bonds is 4. The minimum atomic E-state index is 0.169. The lowest BCUT2D eigenvalue weighted by atomic mass is 10.0. The van der Waals surface area contributed by atoms with Crippen molar-refractivity contribution in [2.45, 2.75) is 58.0 Å². The lowest BCUT2D eigenvalue weighted by Gasteiger charge is -2.20.